The van der Waals surface area contributed by atoms with Gasteiger partial charge in [0.05, 0.1) is 18.1 Å². The van der Waals surface area contributed by atoms with E-state index >= 15 is 0 Å². The summed E-state index contributed by atoms with van der Waals surface area (Å²) in [6.07, 6.45) is 3.80. The number of furan rings is 1. The molecule has 0 saturated carbocycles. The molecule has 2 aromatic heterocycles. The Hall–Kier alpha value is -2.37. The van der Waals surface area contributed by atoms with Gasteiger partial charge in [0.15, 0.2) is 5.69 Å². The van der Waals surface area contributed by atoms with Gasteiger partial charge in [-0.1, -0.05) is 13.8 Å². The van der Waals surface area contributed by atoms with Crippen LogP contribution in [-0.4, -0.2) is 27.1 Å². The van der Waals surface area contributed by atoms with E-state index in [1.165, 1.54) is 6.20 Å². The van der Waals surface area contributed by atoms with Gasteiger partial charge in [-0.3, -0.25) is 0 Å². The molecule has 0 bridgehead atoms. The van der Waals surface area contributed by atoms with Crippen molar-refractivity contribution in [1.82, 2.24) is 9.97 Å². The summed E-state index contributed by atoms with van der Waals surface area (Å²) in [7, 11) is 0. The Morgan fingerprint density at radius 1 is 1.43 bits per heavy atom. The van der Waals surface area contributed by atoms with Crippen LogP contribution < -0.4 is 5.32 Å². The summed E-state index contributed by atoms with van der Waals surface area (Å²) in [6.45, 7) is 5.80. The predicted octanol–water partition coefficient (Wildman–Crippen LogP) is 2.93. The highest BCUT2D eigenvalue weighted by molar-refractivity contribution is 5.91. The summed E-state index contributed by atoms with van der Waals surface area (Å²) in [5.74, 6) is 0.382. The molecular weight excluding hydrogens is 270 g/mol. The van der Waals surface area contributed by atoms with Crippen LogP contribution in [0, 0.1) is 0 Å². The Morgan fingerprint density at radius 2 is 2.19 bits per heavy atom. The van der Waals surface area contributed by atoms with E-state index in [0.29, 0.717) is 17.9 Å². The lowest BCUT2D eigenvalue weighted by Gasteiger charge is -2.16. The molecule has 0 aromatic carbocycles. The highest BCUT2D eigenvalue weighted by Crippen LogP contribution is 2.18. The normalized spacial score (nSPS) is 12.4. The number of rotatable bonds is 6. The highest BCUT2D eigenvalue weighted by atomic mass is 16.4. The Balaban J connectivity index is 2.16. The van der Waals surface area contributed by atoms with Gasteiger partial charge in [0.1, 0.15) is 11.6 Å². The maximum Gasteiger partial charge on any atom is 0.356 e. The van der Waals surface area contributed by atoms with Crippen LogP contribution in [0.15, 0.2) is 29.0 Å². The van der Waals surface area contributed by atoms with Gasteiger partial charge in [-0.05, 0) is 19.1 Å². The molecule has 2 N–H and O–H groups in total. The van der Waals surface area contributed by atoms with Gasteiger partial charge in [0, 0.05) is 18.4 Å². The summed E-state index contributed by atoms with van der Waals surface area (Å²) in [4.78, 5) is 19.7. The number of carboxylic acids is 1. The molecule has 1 unspecified atom stereocenters. The fourth-order valence-corrected chi connectivity index (χ4v) is 1.99. The Labute approximate surface area is 123 Å². The molecule has 21 heavy (non-hydrogen) atoms. The highest BCUT2D eigenvalue weighted by Gasteiger charge is 2.17. The second kappa shape index (κ2) is 6.39. The first-order valence-electron chi connectivity index (χ1n) is 6.86. The van der Waals surface area contributed by atoms with Gasteiger partial charge < -0.3 is 14.8 Å². The Morgan fingerprint density at radius 3 is 2.76 bits per heavy atom. The van der Waals surface area contributed by atoms with Crippen LogP contribution in [-0.2, 0) is 6.42 Å². The van der Waals surface area contributed by atoms with Crippen LogP contribution in [0.4, 0.5) is 5.69 Å². The molecule has 0 spiro atoms. The molecule has 0 aliphatic carbocycles. The lowest BCUT2D eigenvalue weighted by Crippen LogP contribution is -2.21. The SMILES string of the molecule is CC(Cc1ccco1)Nc1cnc(C(C)C)nc1C(=O)O. The van der Waals surface area contributed by atoms with E-state index < -0.39 is 5.97 Å². The van der Waals surface area contributed by atoms with E-state index in [9.17, 15) is 9.90 Å². The van der Waals surface area contributed by atoms with Gasteiger partial charge in [0.2, 0.25) is 0 Å². The van der Waals surface area contributed by atoms with Gasteiger partial charge in [0.25, 0.3) is 0 Å². The van der Waals surface area contributed by atoms with E-state index in [1.54, 1.807) is 6.26 Å². The summed E-state index contributed by atoms with van der Waals surface area (Å²) >= 11 is 0. The zero-order chi connectivity index (χ0) is 15.4. The molecule has 2 rings (SSSR count). The van der Waals surface area contributed by atoms with Crippen molar-refractivity contribution in [2.24, 2.45) is 0 Å². The number of aromatic carboxylic acids is 1. The molecule has 2 heterocycles. The Kier molecular flexibility index (Phi) is 4.57. The molecular formula is C15H19N3O3. The Bertz CT molecular complexity index is 609. The van der Waals surface area contributed by atoms with Crippen LogP contribution >= 0.6 is 0 Å². The van der Waals surface area contributed by atoms with Crippen LogP contribution in [0.5, 0.6) is 0 Å². The standard InChI is InChI=1S/C15H19N3O3/c1-9(2)14-16-8-12(13(18-14)15(19)20)17-10(3)7-11-5-4-6-21-11/h4-6,8-10,17H,7H2,1-3H3,(H,19,20). The third-order valence-electron chi connectivity index (χ3n) is 3.02. The third kappa shape index (κ3) is 3.81. The first-order chi connectivity index (χ1) is 9.97. The van der Waals surface area contributed by atoms with Crippen LogP contribution in [0.1, 0.15) is 48.8 Å². The summed E-state index contributed by atoms with van der Waals surface area (Å²) in [5.41, 5.74) is 0.422. The molecule has 112 valence electrons. The number of anilines is 1. The third-order valence-corrected chi connectivity index (χ3v) is 3.02. The van der Waals surface area contributed by atoms with Gasteiger partial charge in [-0.2, -0.15) is 0 Å². The van der Waals surface area contributed by atoms with E-state index in [-0.39, 0.29) is 17.7 Å². The number of hydrogen-bond acceptors (Lipinski definition) is 5. The minimum atomic E-state index is -1.06. The summed E-state index contributed by atoms with van der Waals surface area (Å²) in [5, 5.41) is 12.4. The van der Waals surface area contributed by atoms with Crippen molar-refractivity contribution in [3.63, 3.8) is 0 Å². The summed E-state index contributed by atoms with van der Waals surface area (Å²) < 4.78 is 5.28. The smallest absolute Gasteiger partial charge is 0.356 e. The number of carbonyl (C=O) groups is 1. The largest absolute Gasteiger partial charge is 0.476 e. The van der Waals surface area contributed by atoms with Crippen molar-refractivity contribution in [3.8, 4) is 0 Å². The molecule has 0 amide bonds. The maximum atomic E-state index is 11.3. The van der Waals surface area contributed by atoms with Crippen molar-refractivity contribution in [3.05, 3.63) is 41.9 Å². The van der Waals surface area contributed by atoms with Crippen molar-refractivity contribution in [2.45, 2.75) is 39.2 Å². The van der Waals surface area contributed by atoms with E-state index in [1.807, 2.05) is 32.9 Å². The second-order valence-corrected chi connectivity index (χ2v) is 5.28. The summed E-state index contributed by atoms with van der Waals surface area (Å²) in [6, 6.07) is 3.71. The molecule has 0 aliphatic heterocycles. The molecule has 6 heteroatoms. The van der Waals surface area contributed by atoms with Crippen LogP contribution in [0.2, 0.25) is 0 Å². The fourth-order valence-electron chi connectivity index (χ4n) is 1.99. The average molecular weight is 289 g/mol. The number of aromatic nitrogens is 2. The second-order valence-electron chi connectivity index (χ2n) is 5.28. The first kappa shape index (κ1) is 15.0. The molecule has 6 nitrogen and oxygen atoms in total. The average Bonchev–Trinajstić information content (AvgIpc) is 2.91. The molecule has 0 fully saturated rings. The monoisotopic (exact) mass is 289 g/mol. The lowest BCUT2D eigenvalue weighted by molar-refractivity contribution is 0.0691. The van der Waals surface area contributed by atoms with Gasteiger partial charge >= 0.3 is 5.97 Å². The maximum absolute atomic E-state index is 11.3. The molecule has 1 atom stereocenters. The van der Waals surface area contributed by atoms with Crippen molar-refractivity contribution in [1.29, 1.82) is 0 Å². The zero-order valence-corrected chi connectivity index (χ0v) is 12.3. The van der Waals surface area contributed by atoms with E-state index in [0.717, 1.165) is 5.76 Å². The van der Waals surface area contributed by atoms with E-state index in [2.05, 4.69) is 15.3 Å². The van der Waals surface area contributed by atoms with Gasteiger partial charge in [-0.15, -0.1) is 0 Å². The number of carboxylic acid groups (broad SMARTS) is 1. The zero-order valence-electron chi connectivity index (χ0n) is 12.3. The topological polar surface area (TPSA) is 88.3 Å². The first-order valence-corrected chi connectivity index (χ1v) is 6.86. The minimum Gasteiger partial charge on any atom is -0.476 e. The lowest BCUT2D eigenvalue weighted by atomic mass is 10.1. The molecule has 0 aliphatic rings. The van der Waals surface area contributed by atoms with Crippen molar-refractivity contribution >= 4 is 11.7 Å². The van der Waals surface area contributed by atoms with Crippen LogP contribution in [0.3, 0.4) is 0 Å². The van der Waals surface area contributed by atoms with Crippen molar-refractivity contribution in [2.75, 3.05) is 5.32 Å². The molecule has 0 saturated heterocycles. The predicted molar refractivity (Wildman–Crippen MR) is 78.6 cm³/mol. The quantitative estimate of drug-likeness (QED) is 0.850. The van der Waals surface area contributed by atoms with Gasteiger partial charge in [-0.25, -0.2) is 14.8 Å². The number of nitrogens with one attached hydrogen (secondary N) is 1. The van der Waals surface area contributed by atoms with Crippen LogP contribution in [0.25, 0.3) is 0 Å². The van der Waals surface area contributed by atoms with Crippen molar-refractivity contribution < 1.29 is 14.3 Å². The fraction of sp³-hybridized carbons (Fsp3) is 0.400. The molecule has 0 radical (unpaired) electrons. The van der Waals surface area contributed by atoms with E-state index in [4.69, 9.17) is 4.42 Å². The molecule has 2 aromatic rings. The minimum absolute atomic E-state index is 0.00000472. The number of nitrogens with zero attached hydrogens (tertiary/aromatic N) is 2. The number of hydrogen-bond donors (Lipinski definition) is 2.